The summed E-state index contributed by atoms with van der Waals surface area (Å²) in [4.78, 5) is 19.2. The zero-order chi connectivity index (χ0) is 28.3. The molecule has 5 rings (SSSR count). The van der Waals surface area contributed by atoms with Crippen LogP contribution >= 0.6 is 0 Å². The Morgan fingerprint density at radius 3 is 2.35 bits per heavy atom. The van der Waals surface area contributed by atoms with Gasteiger partial charge in [-0.2, -0.15) is 0 Å². The number of pyridine rings is 1. The zero-order valence-corrected chi connectivity index (χ0v) is 23.8. The Labute approximate surface area is 234 Å². The Bertz CT molecular complexity index is 1640. The summed E-state index contributed by atoms with van der Waals surface area (Å²) in [6.45, 7) is 9.51. The molecule has 0 radical (unpaired) electrons. The second kappa shape index (κ2) is 11.4. The second-order valence-electron chi connectivity index (χ2n) is 10.9. The number of aromatic amines is 1. The van der Waals surface area contributed by atoms with Gasteiger partial charge in [0.1, 0.15) is 11.8 Å². The molecule has 0 amide bonds. The van der Waals surface area contributed by atoms with E-state index in [4.69, 9.17) is 4.74 Å². The highest BCUT2D eigenvalue weighted by molar-refractivity contribution is 5.79. The Morgan fingerprint density at radius 2 is 1.68 bits per heavy atom. The van der Waals surface area contributed by atoms with Crippen LogP contribution in [0.1, 0.15) is 61.3 Å². The Kier molecular flexibility index (Phi) is 7.80. The van der Waals surface area contributed by atoms with Crippen LogP contribution in [-0.2, 0) is 18.6 Å². The Balaban J connectivity index is 1.72. The van der Waals surface area contributed by atoms with Crippen molar-refractivity contribution in [3.8, 4) is 5.75 Å². The number of hydrogen-bond donors (Lipinski definition) is 1. The Hall–Kier alpha value is -4.30. The van der Waals surface area contributed by atoms with Crippen molar-refractivity contribution in [3.63, 3.8) is 0 Å². The van der Waals surface area contributed by atoms with E-state index < -0.39 is 6.04 Å². The molecule has 0 fully saturated rings. The van der Waals surface area contributed by atoms with Crippen molar-refractivity contribution in [2.24, 2.45) is 0 Å². The highest BCUT2D eigenvalue weighted by Crippen LogP contribution is 2.33. The first-order chi connectivity index (χ1) is 19.3. The van der Waals surface area contributed by atoms with Crippen LogP contribution in [-0.4, -0.2) is 37.2 Å². The summed E-state index contributed by atoms with van der Waals surface area (Å²) in [7, 11) is 1.66. The fourth-order valence-corrected chi connectivity index (χ4v) is 5.00. The number of methoxy groups -OCH3 is 1. The summed E-state index contributed by atoms with van der Waals surface area (Å²) in [6, 6.07) is 25.9. The van der Waals surface area contributed by atoms with E-state index >= 15 is 0 Å². The molecular weight excluding hydrogens is 500 g/mol. The molecule has 2 aromatic heterocycles. The molecule has 0 bridgehead atoms. The lowest BCUT2D eigenvalue weighted by atomic mass is 9.98. The number of fused-ring (bicyclic) bond motifs is 1. The number of nitrogens with zero attached hydrogens (tertiary/aromatic N) is 5. The fourth-order valence-electron chi connectivity index (χ4n) is 5.00. The highest BCUT2D eigenvalue weighted by atomic mass is 16.5. The molecule has 3 aromatic carbocycles. The van der Waals surface area contributed by atoms with Gasteiger partial charge in [0.05, 0.1) is 12.6 Å². The van der Waals surface area contributed by atoms with Gasteiger partial charge in [-0.3, -0.25) is 9.69 Å². The maximum absolute atomic E-state index is 13.8. The largest absolute Gasteiger partial charge is 0.497 e. The van der Waals surface area contributed by atoms with E-state index in [0.717, 1.165) is 39.8 Å². The molecule has 2 heterocycles. The van der Waals surface area contributed by atoms with Gasteiger partial charge in [0, 0.05) is 24.2 Å². The van der Waals surface area contributed by atoms with Crippen LogP contribution in [0.15, 0.2) is 83.7 Å². The summed E-state index contributed by atoms with van der Waals surface area (Å²) in [5.74, 6) is 1.43. The van der Waals surface area contributed by atoms with Crippen LogP contribution in [0.5, 0.6) is 5.75 Å². The lowest BCUT2D eigenvalue weighted by Gasteiger charge is -2.33. The second-order valence-corrected chi connectivity index (χ2v) is 10.9. The molecule has 1 atom stereocenters. The number of nitrogens with one attached hydrogen (secondary N) is 1. The van der Waals surface area contributed by atoms with Crippen molar-refractivity contribution in [3.05, 3.63) is 117 Å². The SMILES string of the molecule is CCC(C)(C)n1nnnc1[C@@H](c1cc2ccc(C)cc2[nH]c1=O)N(Cc1ccccc1)Cc1ccc(OC)cc1. The van der Waals surface area contributed by atoms with Gasteiger partial charge < -0.3 is 9.72 Å². The van der Waals surface area contributed by atoms with Gasteiger partial charge in [0.25, 0.3) is 5.56 Å². The first-order valence-electron chi connectivity index (χ1n) is 13.6. The van der Waals surface area contributed by atoms with E-state index in [0.29, 0.717) is 24.5 Å². The van der Waals surface area contributed by atoms with Crippen LogP contribution in [0.3, 0.4) is 0 Å². The minimum absolute atomic E-state index is 0.153. The molecule has 0 unspecified atom stereocenters. The molecule has 0 spiro atoms. The molecule has 0 aliphatic rings. The first-order valence-corrected chi connectivity index (χ1v) is 13.6. The molecule has 0 aliphatic heterocycles. The number of ether oxygens (including phenoxy) is 1. The van der Waals surface area contributed by atoms with E-state index in [9.17, 15) is 4.79 Å². The number of hydrogen-bond acceptors (Lipinski definition) is 6. The monoisotopic (exact) mass is 536 g/mol. The van der Waals surface area contributed by atoms with Crippen LogP contribution in [0.2, 0.25) is 0 Å². The third-order valence-corrected chi connectivity index (χ3v) is 7.64. The zero-order valence-electron chi connectivity index (χ0n) is 23.8. The third kappa shape index (κ3) is 5.67. The number of tetrazole rings is 1. The molecule has 0 saturated heterocycles. The van der Waals surface area contributed by atoms with Gasteiger partial charge in [-0.05, 0) is 84.0 Å². The topological polar surface area (TPSA) is 88.9 Å². The summed E-state index contributed by atoms with van der Waals surface area (Å²) < 4.78 is 7.26. The molecular formula is C32H36N6O2. The van der Waals surface area contributed by atoms with Crippen molar-refractivity contribution < 1.29 is 4.74 Å². The van der Waals surface area contributed by atoms with E-state index in [2.05, 4.69) is 76.5 Å². The van der Waals surface area contributed by atoms with Crippen molar-refractivity contribution >= 4 is 10.9 Å². The number of aryl methyl sites for hydroxylation is 1. The van der Waals surface area contributed by atoms with Crippen molar-refractivity contribution in [2.45, 2.75) is 58.8 Å². The van der Waals surface area contributed by atoms with Gasteiger partial charge in [0.15, 0.2) is 5.82 Å². The number of rotatable bonds is 10. The minimum Gasteiger partial charge on any atom is -0.497 e. The summed E-state index contributed by atoms with van der Waals surface area (Å²) in [5.41, 5.74) is 4.21. The van der Waals surface area contributed by atoms with Crippen molar-refractivity contribution in [1.82, 2.24) is 30.1 Å². The molecule has 40 heavy (non-hydrogen) atoms. The highest BCUT2D eigenvalue weighted by Gasteiger charge is 2.34. The molecule has 0 aliphatic carbocycles. The van der Waals surface area contributed by atoms with Crippen LogP contribution in [0, 0.1) is 6.92 Å². The quantitative estimate of drug-likeness (QED) is 0.244. The number of aromatic nitrogens is 5. The molecule has 8 nitrogen and oxygen atoms in total. The van der Waals surface area contributed by atoms with Crippen LogP contribution in [0.25, 0.3) is 10.9 Å². The van der Waals surface area contributed by atoms with E-state index in [1.165, 1.54) is 0 Å². The molecule has 1 N–H and O–H groups in total. The third-order valence-electron chi connectivity index (χ3n) is 7.64. The lowest BCUT2D eigenvalue weighted by molar-refractivity contribution is 0.180. The van der Waals surface area contributed by atoms with Gasteiger partial charge >= 0.3 is 0 Å². The normalized spacial score (nSPS) is 12.7. The van der Waals surface area contributed by atoms with E-state index in [1.54, 1.807) is 7.11 Å². The molecule has 206 valence electrons. The maximum atomic E-state index is 13.8. The standard InChI is InChI=1S/C32H36N6O2/c1-6-32(3,4)38-30(34-35-36-38)29(27-19-25-15-12-22(2)18-28(25)33-31(27)39)37(20-23-10-8-7-9-11-23)21-24-13-16-26(40-5)17-14-24/h7-19,29H,6,20-21H2,1-5H3,(H,33,39)/t29-/m1/s1. The summed E-state index contributed by atoms with van der Waals surface area (Å²) >= 11 is 0. The predicted molar refractivity (Wildman–Crippen MR) is 157 cm³/mol. The summed E-state index contributed by atoms with van der Waals surface area (Å²) in [5, 5.41) is 14.1. The Morgan fingerprint density at radius 1 is 0.975 bits per heavy atom. The lowest BCUT2D eigenvalue weighted by Crippen LogP contribution is -2.38. The van der Waals surface area contributed by atoms with Crippen molar-refractivity contribution in [2.75, 3.05) is 7.11 Å². The van der Waals surface area contributed by atoms with Gasteiger partial charge in [0.2, 0.25) is 0 Å². The fraction of sp³-hybridized carbons (Fsp3) is 0.312. The first kappa shape index (κ1) is 27.3. The molecule has 5 aromatic rings. The van der Waals surface area contributed by atoms with E-state index in [-0.39, 0.29) is 11.1 Å². The number of H-pyrrole nitrogens is 1. The van der Waals surface area contributed by atoms with Crippen LogP contribution < -0.4 is 10.3 Å². The average molecular weight is 537 g/mol. The number of benzene rings is 3. The smallest absolute Gasteiger partial charge is 0.253 e. The van der Waals surface area contributed by atoms with Gasteiger partial charge in [-0.25, -0.2) is 4.68 Å². The predicted octanol–water partition coefficient (Wildman–Crippen LogP) is 5.77. The molecule has 0 saturated carbocycles. The average Bonchev–Trinajstić information content (AvgIpc) is 3.45. The van der Waals surface area contributed by atoms with Gasteiger partial charge in [-0.1, -0.05) is 61.5 Å². The summed E-state index contributed by atoms with van der Waals surface area (Å²) in [6.07, 6.45) is 0.822. The maximum Gasteiger partial charge on any atom is 0.253 e. The van der Waals surface area contributed by atoms with E-state index in [1.807, 2.05) is 60.1 Å². The minimum atomic E-state index is -0.516. The van der Waals surface area contributed by atoms with Gasteiger partial charge in [-0.15, -0.1) is 5.10 Å². The van der Waals surface area contributed by atoms with Crippen molar-refractivity contribution in [1.29, 1.82) is 0 Å². The van der Waals surface area contributed by atoms with Crippen LogP contribution in [0.4, 0.5) is 0 Å². The molecule has 8 heteroatoms.